The molecule has 0 aromatic rings. The normalized spacial score (nSPS) is 16.1. The maximum atomic E-state index is 12.1. The van der Waals surface area contributed by atoms with Gasteiger partial charge < -0.3 is 42.6 Å². The lowest BCUT2D eigenvalue weighted by Gasteiger charge is -2.38. The summed E-state index contributed by atoms with van der Waals surface area (Å²) in [5, 5.41) is 10.3. The van der Waals surface area contributed by atoms with Crippen LogP contribution >= 0.6 is 7.60 Å². The number of hydrogen-bond donors (Lipinski definition) is 1. The van der Waals surface area contributed by atoms with E-state index in [-0.39, 0.29) is 36.2 Å². The topological polar surface area (TPSA) is 55.8 Å². The molecule has 0 heterocycles. The smallest absolute Gasteiger partial charge is 0.332 e. The molecule has 118 valence electrons. The SMILES string of the molecule is COP(=O)(C[C@H](O)[C@H](CC(C)C)[N+](C)(C)C)OC.[I-]. The van der Waals surface area contributed by atoms with Crippen LogP contribution in [0.2, 0.25) is 0 Å². The maximum Gasteiger partial charge on any atom is 0.332 e. The van der Waals surface area contributed by atoms with Gasteiger partial charge in [0, 0.05) is 20.6 Å². The third-order valence-electron chi connectivity index (χ3n) is 3.12. The number of halogens is 1. The molecule has 2 atom stereocenters. The van der Waals surface area contributed by atoms with Crippen LogP contribution < -0.4 is 24.0 Å². The molecule has 0 amide bonds. The molecule has 7 heteroatoms. The first kappa shape index (κ1) is 22.1. The summed E-state index contributed by atoms with van der Waals surface area (Å²) in [6.45, 7) is 4.23. The van der Waals surface area contributed by atoms with Crippen LogP contribution in [0.1, 0.15) is 20.3 Å². The Hall–Kier alpha value is 0.800. The van der Waals surface area contributed by atoms with E-state index < -0.39 is 13.7 Å². The van der Waals surface area contributed by atoms with Gasteiger partial charge in [0.25, 0.3) is 0 Å². The Morgan fingerprint density at radius 2 is 1.58 bits per heavy atom. The van der Waals surface area contributed by atoms with Crippen molar-refractivity contribution in [3.63, 3.8) is 0 Å². The number of aliphatic hydroxyl groups is 1. The first-order valence-corrected chi connectivity index (χ1v) is 7.98. The van der Waals surface area contributed by atoms with Crippen molar-refractivity contribution < 1.29 is 47.2 Å². The average Bonchev–Trinajstić information content (AvgIpc) is 2.23. The van der Waals surface area contributed by atoms with Crippen molar-refractivity contribution in [2.75, 3.05) is 41.5 Å². The lowest BCUT2D eigenvalue weighted by molar-refractivity contribution is -0.900. The van der Waals surface area contributed by atoms with E-state index in [1.165, 1.54) is 14.2 Å². The Bertz CT molecular complexity index is 286. The molecule has 0 aromatic carbocycles. The van der Waals surface area contributed by atoms with Crippen molar-refractivity contribution >= 4 is 7.60 Å². The molecule has 0 bridgehead atoms. The van der Waals surface area contributed by atoms with Crippen molar-refractivity contribution in [3.05, 3.63) is 0 Å². The molecule has 1 N–H and O–H groups in total. The minimum absolute atomic E-state index is 0. The van der Waals surface area contributed by atoms with E-state index in [0.717, 1.165) is 6.42 Å². The lowest BCUT2D eigenvalue weighted by atomic mass is 9.97. The molecule has 0 aliphatic heterocycles. The van der Waals surface area contributed by atoms with Gasteiger partial charge in [-0.3, -0.25) is 4.57 Å². The van der Waals surface area contributed by atoms with Gasteiger partial charge in [-0.15, -0.1) is 0 Å². The van der Waals surface area contributed by atoms with E-state index in [2.05, 4.69) is 13.8 Å². The van der Waals surface area contributed by atoms with Crippen LogP contribution in [0.25, 0.3) is 0 Å². The van der Waals surface area contributed by atoms with E-state index in [0.29, 0.717) is 10.4 Å². The van der Waals surface area contributed by atoms with Crippen molar-refractivity contribution in [2.24, 2.45) is 5.92 Å². The van der Waals surface area contributed by atoms with E-state index >= 15 is 0 Å². The Labute approximate surface area is 134 Å². The van der Waals surface area contributed by atoms with Crippen molar-refractivity contribution in [1.29, 1.82) is 0 Å². The number of rotatable bonds is 8. The summed E-state index contributed by atoms with van der Waals surface area (Å²) in [5.41, 5.74) is 0. The molecule has 0 fully saturated rings. The summed E-state index contributed by atoms with van der Waals surface area (Å²) in [6, 6.07) is 0.00336. The minimum atomic E-state index is -3.16. The van der Waals surface area contributed by atoms with Gasteiger partial charge in [0.15, 0.2) is 0 Å². The first-order valence-electron chi connectivity index (χ1n) is 6.25. The summed E-state index contributed by atoms with van der Waals surface area (Å²) >= 11 is 0. The number of hydrogen-bond acceptors (Lipinski definition) is 4. The fraction of sp³-hybridized carbons (Fsp3) is 1.00. The lowest BCUT2D eigenvalue weighted by Crippen LogP contribution is -3.00. The van der Waals surface area contributed by atoms with Crippen LogP contribution in [0.3, 0.4) is 0 Å². The van der Waals surface area contributed by atoms with Crippen LogP contribution in [0.4, 0.5) is 0 Å². The van der Waals surface area contributed by atoms with Gasteiger partial charge >= 0.3 is 7.60 Å². The zero-order valence-corrected chi connectivity index (χ0v) is 16.1. The Kier molecular flexibility index (Phi) is 10.4. The largest absolute Gasteiger partial charge is 1.00 e. The zero-order valence-electron chi connectivity index (χ0n) is 13.1. The molecule has 5 nitrogen and oxygen atoms in total. The van der Waals surface area contributed by atoms with Crippen LogP contribution in [0, 0.1) is 5.92 Å². The molecule has 0 radical (unpaired) electrons. The van der Waals surface area contributed by atoms with Crippen molar-refractivity contribution in [1.82, 2.24) is 0 Å². The van der Waals surface area contributed by atoms with Gasteiger partial charge in [-0.1, -0.05) is 13.8 Å². The van der Waals surface area contributed by atoms with Gasteiger partial charge in [0.2, 0.25) is 0 Å². The molecule has 0 aliphatic rings. The second kappa shape index (κ2) is 8.95. The Morgan fingerprint density at radius 3 is 1.84 bits per heavy atom. The van der Waals surface area contributed by atoms with Gasteiger partial charge in [-0.05, 0) is 5.92 Å². The fourth-order valence-corrected chi connectivity index (χ4v) is 3.20. The molecule has 0 rings (SSSR count). The van der Waals surface area contributed by atoms with E-state index in [9.17, 15) is 9.67 Å². The van der Waals surface area contributed by atoms with E-state index in [1.807, 2.05) is 21.1 Å². The molecular formula is C12H29INO4P. The molecule has 0 saturated carbocycles. The molecule has 0 aliphatic carbocycles. The van der Waals surface area contributed by atoms with Crippen LogP contribution in [-0.2, 0) is 13.6 Å². The summed E-state index contributed by atoms with van der Waals surface area (Å²) < 4.78 is 22.5. The number of nitrogens with zero attached hydrogens (tertiary/aromatic N) is 1. The Morgan fingerprint density at radius 1 is 1.16 bits per heavy atom. The highest BCUT2D eigenvalue weighted by Gasteiger charge is 2.37. The van der Waals surface area contributed by atoms with Crippen LogP contribution in [-0.4, -0.2) is 63.3 Å². The molecule has 0 aromatic heterocycles. The molecule has 0 saturated heterocycles. The first-order chi connectivity index (χ1) is 8.05. The van der Waals surface area contributed by atoms with E-state index in [4.69, 9.17) is 9.05 Å². The summed E-state index contributed by atoms with van der Waals surface area (Å²) in [6.07, 6.45) is 0.184. The van der Waals surface area contributed by atoms with Crippen LogP contribution in [0.5, 0.6) is 0 Å². The highest BCUT2D eigenvalue weighted by Crippen LogP contribution is 2.47. The van der Waals surface area contributed by atoms with Gasteiger partial charge in [0.1, 0.15) is 12.1 Å². The third-order valence-corrected chi connectivity index (χ3v) is 5.05. The highest BCUT2D eigenvalue weighted by molar-refractivity contribution is 7.53. The number of likely N-dealkylation sites (N-methyl/N-ethyl adjacent to an activating group) is 1. The second-order valence-electron chi connectivity index (χ2n) is 6.04. The predicted octanol–water partition coefficient (Wildman–Crippen LogP) is -1.04. The van der Waals surface area contributed by atoms with Crippen molar-refractivity contribution in [2.45, 2.75) is 32.4 Å². The second-order valence-corrected chi connectivity index (χ2v) is 8.36. The monoisotopic (exact) mass is 409 g/mol. The molecule has 19 heavy (non-hydrogen) atoms. The fourth-order valence-electron chi connectivity index (χ4n) is 2.05. The summed E-state index contributed by atoms with van der Waals surface area (Å²) in [4.78, 5) is 0. The van der Waals surface area contributed by atoms with Crippen LogP contribution in [0.15, 0.2) is 0 Å². The quantitative estimate of drug-likeness (QED) is 0.316. The zero-order chi connectivity index (χ0) is 14.6. The summed E-state index contributed by atoms with van der Waals surface area (Å²) in [5.74, 6) is 0.464. The number of aliphatic hydroxyl groups excluding tert-OH is 1. The average molecular weight is 409 g/mol. The van der Waals surface area contributed by atoms with Crippen molar-refractivity contribution in [3.8, 4) is 0 Å². The molecule has 0 unspecified atom stereocenters. The highest BCUT2D eigenvalue weighted by atomic mass is 127. The molecule has 0 spiro atoms. The van der Waals surface area contributed by atoms with Gasteiger partial charge in [-0.25, -0.2) is 0 Å². The number of quaternary nitrogens is 1. The van der Waals surface area contributed by atoms with E-state index in [1.54, 1.807) is 0 Å². The van der Waals surface area contributed by atoms with Gasteiger partial charge in [-0.2, -0.15) is 0 Å². The Balaban J connectivity index is 0. The third kappa shape index (κ3) is 7.97. The maximum absolute atomic E-state index is 12.1. The van der Waals surface area contributed by atoms with Gasteiger partial charge in [0.05, 0.1) is 27.3 Å². The summed E-state index contributed by atoms with van der Waals surface area (Å²) in [7, 11) is 5.62. The molecular weight excluding hydrogens is 380 g/mol. The predicted molar refractivity (Wildman–Crippen MR) is 73.8 cm³/mol. The minimum Gasteiger partial charge on any atom is -1.00 e. The standard InChI is InChI=1S/C12H29NO4P.HI/c1-10(2)8-11(13(3,4)5)12(14)9-18(15,16-6)17-7;/h10-12,14H,8-9H2,1-7H3;1H/q+1;/p-1/t11-,12-;/m0./s1.